The van der Waals surface area contributed by atoms with Gasteiger partial charge in [0.05, 0.1) is 32.2 Å². The van der Waals surface area contributed by atoms with E-state index in [0.29, 0.717) is 32.0 Å². The largest absolute Gasteiger partial charge is 0.497 e. The van der Waals surface area contributed by atoms with Crippen molar-refractivity contribution in [1.29, 1.82) is 0 Å². The number of rotatable bonds is 7. The van der Waals surface area contributed by atoms with Gasteiger partial charge in [0.2, 0.25) is 11.8 Å². The number of nitrogens with one attached hydrogen (secondary N) is 1. The van der Waals surface area contributed by atoms with E-state index in [0.717, 1.165) is 37.1 Å². The Balaban J connectivity index is 1.13. The molecule has 156 valence electrons. The molecule has 2 saturated heterocycles. The molecule has 2 aliphatic carbocycles. The van der Waals surface area contributed by atoms with Crippen molar-refractivity contribution in [3.63, 3.8) is 0 Å². The molecule has 1 aromatic carbocycles. The van der Waals surface area contributed by atoms with Crippen LogP contribution in [-0.4, -0.2) is 55.7 Å². The molecule has 4 fully saturated rings. The van der Waals surface area contributed by atoms with E-state index in [1.165, 1.54) is 12.8 Å². The summed E-state index contributed by atoms with van der Waals surface area (Å²) >= 11 is 0. The van der Waals surface area contributed by atoms with Gasteiger partial charge in [-0.15, -0.1) is 0 Å². The third kappa shape index (κ3) is 3.63. The molecule has 2 amide bonds. The smallest absolute Gasteiger partial charge is 0.233 e. The first-order valence-corrected chi connectivity index (χ1v) is 10.9. The van der Waals surface area contributed by atoms with Gasteiger partial charge in [-0.05, 0) is 61.6 Å². The second-order valence-corrected chi connectivity index (χ2v) is 9.49. The number of hydrogen-bond donors (Lipinski definition) is 1. The molecule has 1 atom stereocenters. The van der Waals surface area contributed by atoms with E-state index in [1.54, 1.807) is 7.11 Å². The molecule has 1 N–H and O–H groups in total. The highest BCUT2D eigenvalue weighted by Crippen LogP contribution is 2.52. The highest BCUT2D eigenvalue weighted by Gasteiger charge is 2.59. The van der Waals surface area contributed by atoms with Gasteiger partial charge < -0.3 is 19.7 Å². The summed E-state index contributed by atoms with van der Waals surface area (Å²) in [5.41, 5.74) is 0.503. The van der Waals surface area contributed by atoms with Crippen LogP contribution in [0.1, 0.15) is 44.1 Å². The lowest BCUT2D eigenvalue weighted by Crippen LogP contribution is -2.64. The number of carbonyl (C=O) groups excluding carboxylic acids is 2. The van der Waals surface area contributed by atoms with E-state index in [4.69, 9.17) is 9.47 Å². The first-order chi connectivity index (χ1) is 14.0. The molecule has 1 aromatic rings. The van der Waals surface area contributed by atoms with Crippen molar-refractivity contribution < 1.29 is 19.1 Å². The topological polar surface area (TPSA) is 67.9 Å². The van der Waals surface area contributed by atoms with Crippen molar-refractivity contribution >= 4 is 11.8 Å². The monoisotopic (exact) mass is 398 g/mol. The highest BCUT2D eigenvalue weighted by molar-refractivity contribution is 5.92. The summed E-state index contributed by atoms with van der Waals surface area (Å²) in [4.78, 5) is 27.3. The Morgan fingerprint density at radius 3 is 2.52 bits per heavy atom. The zero-order valence-electron chi connectivity index (χ0n) is 17.1. The third-order valence-corrected chi connectivity index (χ3v) is 7.09. The van der Waals surface area contributed by atoms with Crippen molar-refractivity contribution in [1.82, 2.24) is 10.2 Å². The molecule has 6 nitrogen and oxygen atoms in total. The molecule has 29 heavy (non-hydrogen) atoms. The van der Waals surface area contributed by atoms with Crippen LogP contribution in [0.5, 0.6) is 5.75 Å². The maximum absolute atomic E-state index is 13.2. The summed E-state index contributed by atoms with van der Waals surface area (Å²) in [6.45, 7) is 2.77. The van der Waals surface area contributed by atoms with E-state index in [-0.39, 0.29) is 28.7 Å². The van der Waals surface area contributed by atoms with Crippen LogP contribution in [-0.2, 0) is 19.7 Å². The van der Waals surface area contributed by atoms with Gasteiger partial charge in [0.25, 0.3) is 0 Å². The molecule has 5 rings (SSSR count). The number of benzene rings is 1. The Labute approximate surface area is 171 Å². The Bertz CT molecular complexity index is 792. The number of amides is 2. The highest BCUT2D eigenvalue weighted by atomic mass is 16.5. The van der Waals surface area contributed by atoms with Crippen molar-refractivity contribution in [2.24, 2.45) is 11.8 Å². The molecular formula is C23H30N2O4. The maximum Gasteiger partial charge on any atom is 0.233 e. The Kier molecular flexibility index (Phi) is 4.57. The van der Waals surface area contributed by atoms with Gasteiger partial charge in [-0.3, -0.25) is 9.59 Å². The quantitative estimate of drug-likeness (QED) is 0.765. The van der Waals surface area contributed by atoms with Crippen LogP contribution >= 0.6 is 0 Å². The van der Waals surface area contributed by atoms with E-state index >= 15 is 0 Å². The fraction of sp³-hybridized carbons (Fsp3) is 0.652. The lowest BCUT2D eigenvalue weighted by Gasteiger charge is -2.48. The fourth-order valence-electron chi connectivity index (χ4n) is 4.96. The van der Waals surface area contributed by atoms with Crippen molar-refractivity contribution in [3.8, 4) is 5.75 Å². The van der Waals surface area contributed by atoms with Crippen LogP contribution in [0.25, 0.3) is 0 Å². The molecule has 2 aliphatic heterocycles. The molecule has 2 saturated carbocycles. The predicted octanol–water partition coefficient (Wildman–Crippen LogP) is 2.26. The lowest BCUT2D eigenvalue weighted by atomic mass is 9.83. The summed E-state index contributed by atoms with van der Waals surface area (Å²) in [7, 11) is 1.65. The Morgan fingerprint density at radius 2 is 1.90 bits per heavy atom. The summed E-state index contributed by atoms with van der Waals surface area (Å²) < 4.78 is 11.3. The number of likely N-dealkylation sites (tertiary alicyclic amines) is 1. The van der Waals surface area contributed by atoms with Gasteiger partial charge in [0.15, 0.2) is 0 Å². The summed E-state index contributed by atoms with van der Waals surface area (Å²) in [5, 5.41) is 3.05. The van der Waals surface area contributed by atoms with Crippen molar-refractivity contribution in [3.05, 3.63) is 29.8 Å². The van der Waals surface area contributed by atoms with Crippen LogP contribution in [0.15, 0.2) is 24.3 Å². The summed E-state index contributed by atoms with van der Waals surface area (Å²) in [6, 6.07) is 7.89. The van der Waals surface area contributed by atoms with Crippen LogP contribution in [0.3, 0.4) is 0 Å². The lowest BCUT2D eigenvalue weighted by molar-refractivity contribution is -0.160. The average Bonchev–Trinajstić information content (AvgIpc) is 3.63. The first kappa shape index (κ1) is 18.9. The van der Waals surface area contributed by atoms with Crippen LogP contribution in [0, 0.1) is 11.8 Å². The van der Waals surface area contributed by atoms with Gasteiger partial charge in [0, 0.05) is 13.0 Å². The maximum atomic E-state index is 13.2. The van der Waals surface area contributed by atoms with Crippen molar-refractivity contribution in [2.75, 3.05) is 33.4 Å². The molecule has 1 unspecified atom stereocenters. The molecule has 6 heteroatoms. The first-order valence-electron chi connectivity index (χ1n) is 10.9. The second kappa shape index (κ2) is 7.01. The van der Waals surface area contributed by atoms with Gasteiger partial charge >= 0.3 is 0 Å². The standard InChI is InChI=1S/C23H30N2O4/c1-28-19-6-4-18(5-7-19)23(8-9-23)21(27)25-14-22(15-25)11-17(13-29-22)10-20(26)24-12-16-2-3-16/h4-7,16-17H,2-3,8-15H2,1H3,(H,24,26). The Morgan fingerprint density at radius 1 is 1.17 bits per heavy atom. The minimum atomic E-state index is -0.353. The van der Waals surface area contributed by atoms with Crippen LogP contribution in [0.2, 0.25) is 0 Å². The molecule has 2 heterocycles. The van der Waals surface area contributed by atoms with Gasteiger partial charge in [-0.1, -0.05) is 12.1 Å². The molecule has 4 aliphatic rings. The molecule has 0 radical (unpaired) electrons. The molecular weight excluding hydrogens is 368 g/mol. The number of methoxy groups -OCH3 is 1. The van der Waals surface area contributed by atoms with Crippen LogP contribution in [0.4, 0.5) is 0 Å². The number of carbonyl (C=O) groups is 2. The normalized spacial score (nSPS) is 26.1. The predicted molar refractivity (Wildman–Crippen MR) is 108 cm³/mol. The molecule has 0 aromatic heterocycles. The van der Waals surface area contributed by atoms with Gasteiger partial charge in [-0.2, -0.15) is 0 Å². The fourth-order valence-corrected chi connectivity index (χ4v) is 4.96. The van der Waals surface area contributed by atoms with E-state index < -0.39 is 0 Å². The van der Waals surface area contributed by atoms with Crippen molar-refractivity contribution in [2.45, 2.75) is 49.5 Å². The number of hydrogen-bond acceptors (Lipinski definition) is 4. The average molecular weight is 399 g/mol. The molecule has 0 bridgehead atoms. The minimum Gasteiger partial charge on any atom is -0.497 e. The zero-order chi connectivity index (χ0) is 20.1. The zero-order valence-corrected chi connectivity index (χ0v) is 17.1. The second-order valence-electron chi connectivity index (χ2n) is 9.49. The summed E-state index contributed by atoms with van der Waals surface area (Å²) in [6.07, 6.45) is 5.73. The minimum absolute atomic E-state index is 0.145. The van der Waals surface area contributed by atoms with Gasteiger partial charge in [-0.25, -0.2) is 0 Å². The SMILES string of the molecule is COc1ccc(C2(C(=O)N3CC4(CC(CC(=O)NCC5CC5)CO4)C3)CC2)cc1. The van der Waals surface area contributed by atoms with Gasteiger partial charge in [0.1, 0.15) is 11.4 Å². The van der Waals surface area contributed by atoms with Crippen LogP contribution < -0.4 is 10.1 Å². The number of ether oxygens (including phenoxy) is 2. The van der Waals surface area contributed by atoms with E-state index in [9.17, 15) is 9.59 Å². The third-order valence-electron chi connectivity index (χ3n) is 7.09. The number of nitrogens with zero attached hydrogens (tertiary/aromatic N) is 1. The Hall–Kier alpha value is -2.08. The molecule has 1 spiro atoms. The van der Waals surface area contributed by atoms with E-state index in [2.05, 4.69) is 5.32 Å². The van der Waals surface area contributed by atoms with E-state index in [1.807, 2.05) is 29.2 Å². The summed E-state index contributed by atoms with van der Waals surface area (Å²) in [5.74, 6) is 2.15.